The monoisotopic (exact) mass is 248 g/mol. The van der Waals surface area contributed by atoms with E-state index in [1.807, 2.05) is 27.7 Å². The molecule has 17 heavy (non-hydrogen) atoms. The van der Waals surface area contributed by atoms with Crippen molar-refractivity contribution in [3.63, 3.8) is 0 Å². The lowest BCUT2D eigenvalue weighted by Crippen LogP contribution is -2.11. The highest BCUT2D eigenvalue weighted by Gasteiger charge is 1.95. The van der Waals surface area contributed by atoms with E-state index in [4.69, 9.17) is 14.2 Å². The van der Waals surface area contributed by atoms with Gasteiger partial charge in [-0.1, -0.05) is 13.8 Å². The number of hydrogen-bond acceptors (Lipinski definition) is 3. The van der Waals surface area contributed by atoms with Crippen molar-refractivity contribution in [1.29, 1.82) is 0 Å². The van der Waals surface area contributed by atoms with Crippen LogP contribution in [0.25, 0.3) is 0 Å². The topological polar surface area (TPSA) is 27.7 Å². The van der Waals surface area contributed by atoms with Gasteiger partial charge < -0.3 is 14.2 Å². The van der Waals surface area contributed by atoms with E-state index in [1.54, 1.807) is 0 Å². The van der Waals surface area contributed by atoms with Gasteiger partial charge in [0.15, 0.2) is 0 Å². The quantitative estimate of drug-likeness (QED) is 0.640. The number of hydrogen-bond donors (Lipinski definition) is 0. The molecule has 0 spiro atoms. The van der Waals surface area contributed by atoms with Gasteiger partial charge in [0.1, 0.15) is 6.79 Å². The Labute approximate surface area is 108 Å². The third-order valence-corrected chi connectivity index (χ3v) is 1.57. The molecular weight excluding hydrogens is 216 g/mol. The maximum absolute atomic E-state index is 5.30. The fourth-order valence-electron chi connectivity index (χ4n) is 0.696. The molecule has 0 aliphatic heterocycles. The van der Waals surface area contributed by atoms with Crippen LogP contribution in [0, 0.1) is 5.92 Å². The Hall–Kier alpha value is -0.120. The summed E-state index contributed by atoms with van der Waals surface area (Å²) in [6.07, 6.45) is 0.921. The van der Waals surface area contributed by atoms with Crippen LogP contribution in [-0.4, -0.2) is 31.7 Å². The molecule has 0 heterocycles. The Balaban J connectivity index is 0. The summed E-state index contributed by atoms with van der Waals surface area (Å²) < 4.78 is 15.6. The van der Waals surface area contributed by atoms with Gasteiger partial charge in [-0.15, -0.1) is 0 Å². The van der Waals surface area contributed by atoms with Crippen LogP contribution in [-0.2, 0) is 14.2 Å². The SMILES string of the molecule is CC(C)COC(C)C.CC(C)OCOC(C)C. The minimum atomic E-state index is 0.267. The van der Waals surface area contributed by atoms with Crippen LogP contribution >= 0.6 is 0 Å². The average molecular weight is 248 g/mol. The van der Waals surface area contributed by atoms with Gasteiger partial charge in [0.25, 0.3) is 0 Å². The summed E-state index contributed by atoms with van der Waals surface area (Å²) in [6.45, 7) is 17.7. The Morgan fingerprint density at radius 3 is 1.12 bits per heavy atom. The average Bonchev–Trinajstić information content (AvgIpc) is 2.14. The zero-order valence-corrected chi connectivity index (χ0v) is 12.9. The number of rotatable bonds is 7. The van der Waals surface area contributed by atoms with E-state index in [2.05, 4.69) is 27.7 Å². The minimum absolute atomic E-state index is 0.267. The van der Waals surface area contributed by atoms with E-state index >= 15 is 0 Å². The van der Waals surface area contributed by atoms with Crippen molar-refractivity contribution in [2.45, 2.75) is 73.7 Å². The van der Waals surface area contributed by atoms with Crippen LogP contribution in [0.15, 0.2) is 0 Å². The molecule has 0 amide bonds. The van der Waals surface area contributed by atoms with E-state index < -0.39 is 0 Å². The van der Waals surface area contributed by atoms with Crippen molar-refractivity contribution < 1.29 is 14.2 Å². The smallest absolute Gasteiger partial charge is 0.147 e. The summed E-state index contributed by atoms with van der Waals surface area (Å²) in [5.74, 6) is 0.664. The molecule has 0 saturated heterocycles. The van der Waals surface area contributed by atoms with E-state index in [1.165, 1.54) is 0 Å². The predicted octanol–water partition coefficient (Wildman–Crippen LogP) is 3.86. The second-order valence-electron chi connectivity index (χ2n) is 5.32. The number of ether oxygens (including phenoxy) is 3. The van der Waals surface area contributed by atoms with Gasteiger partial charge in [-0.2, -0.15) is 0 Å². The van der Waals surface area contributed by atoms with Crippen LogP contribution in [0.3, 0.4) is 0 Å². The standard InChI is InChI=1S/C7H16O2.C7H16O/c1-6(2)8-5-9-7(3)4;1-6(2)5-8-7(3)4/h6-7H,5H2,1-4H3;6-7H,5H2,1-4H3. The molecule has 0 aromatic heterocycles. The molecule has 0 rings (SSSR count). The lowest BCUT2D eigenvalue weighted by Gasteiger charge is -2.09. The molecule has 0 unspecified atom stereocenters. The Morgan fingerprint density at radius 1 is 0.588 bits per heavy atom. The molecule has 0 aliphatic rings. The fraction of sp³-hybridized carbons (Fsp3) is 1.00. The van der Waals surface area contributed by atoms with Crippen molar-refractivity contribution >= 4 is 0 Å². The summed E-state index contributed by atoms with van der Waals surface area (Å²) in [5, 5.41) is 0. The zero-order chi connectivity index (χ0) is 13.8. The molecule has 0 fully saturated rings. The zero-order valence-electron chi connectivity index (χ0n) is 12.9. The first-order chi connectivity index (χ1) is 7.75. The van der Waals surface area contributed by atoms with Crippen LogP contribution < -0.4 is 0 Å². The van der Waals surface area contributed by atoms with Crippen LogP contribution in [0.1, 0.15) is 55.4 Å². The van der Waals surface area contributed by atoms with Gasteiger partial charge in [-0.05, 0) is 47.5 Å². The molecule has 3 heteroatoms. The normalized spacial score (nSPS) is 11.3. The Morgan fingerprint density at radius 2 is 0.941 bits per heavy atom. The van der Waals surface area contributed by atoms with Crippen molar-refractivity contribution in [1.82, 2.24) is 0 Å². The van der Waals surface area contributed by atoms with Crippen molar-refractivity contribution in [2.24, 2.45) is 5.92 Å². The van der Waals surface area contributed by atoms with Crippen LogP contribution in [0.2, 0.25) is 0 Å². The molecule has 0 aromatic rings. The Bertz CT molecular complexity index is 126. The summed E-state index contributed by atoms with van der Waals surface area (Å²) >= 11 is 0. The lowest BCUT2D eigenvalue weighted by atomic mass is 10.2. The predicted molar refractivity (Wildman–Crippen MR) is 73.2 cm³/mol. The third-order valence-electron chi connectivity index (χ3n) is 1.57. The molecule has 0 aliphatic carbocycles. The van der Waals surface area contributed by atoms with Gasteiger partial charge in [0.05, 0.1) is 18.3 Å². The fourth-order valence-corrected chi connectivity index (χ4v) is 0.696. The first kappa shape index (κ1) is 19.2. The molecule has 106 valence electrons. The maximum Gasteiger partial charge on any atom is 0.147 e. The molecular formula is C14H32O3. The van der Waals surface area contributed by atoms with Crippen molar-refractivity contribution in [2.75, 3.05) is 13.4 Å². The van der Waals surface area contributed by atoms with Gasteiger partial charge in [0.2, 0.25) is 0 Å². The molecule has 0 saturated carbocycles. The second kappa shape index (κ2) is 12.3. The van der Waals surface area contributed by atoms with Crippen LogP contribution in [0.5, 0.6) is 0 Å². The molecule has 0 aromatic carbocycles. The molecule has 0 N–H and O–H groups in total. The molecule has 0 bridgehead atoms. The van der Waals surface area contributed by atoms with Crippen molar-refractivity contribution in [3.05, 3.63) is 0 Å². The molecule has 0 radical (unpaired) electrons. The highest BCUT2D eigenvalue weighted by atomic mass is 16.7. The van der Waals surface area contributed by atoms with E-state index in [9.17, 15) is 0 Å². The molecule has 3 nitrogen and oxygen atoms in total. The third kappa shape index (κ3) is 25.8. The maximum atomic E-state index is 5.30. The van der Waals surface area contributed by atoms with E-state index in [-0.39, 0.29) is 12.2 Å². The van der Waals surface area contributed by atoms with E-state index in [0.717, 1.165) is 6.61 Å². The Kier molecular flexibility index (Phi) is 14.0. The molecule has 0 atom stereocenters. The first-order valence-electron chi connectivity index (χ1n) is 6.60. The van der Waals surface area contributed by atoms with Gasteiger partial charge >= 0.3 is 0 Å². The highest BCUT2D eigenvalue weighted by Crippen LogP contribution is 1.95. The van der Waals surface area contributed by atoms with Gasteiger partial charge in [-0.25, -0.2) is 0 Å². The summed E-state index contributed by atoms with van der Waals surface area (Å²) in [5.41, 5.74) is 0. The lowest BCUT2D eigenvalue weighted by molar-refractivity contribution is -0.0994. The summed E-state index contributed by atoms with van der Waals surface area (Å²) in [7, 11) is 0. The second-order valence-corrected chi connectivity index (χ2v) is 5.32. The largest absolute Gasteiger partial charge is 0.379 e. The van der Waals surface area contributed by atoms with Gasteiger partial charge in [0, 0.05) is 6.61 Å². The van der Waals surface area contributed by atoms with Crippen LogP contribution in [0.4, 0.5) is 0 Å². The van der Waals surface area contributed by atoms with Gasteiger partial charge in [-0.3, -0.25) is 0 Å². The summed E-state index contributed by atoms with van der Waals surface area (Å²) in [4.78, 5) is 0. The van der Waals surface area contributed by atoms with E-state index in [0.29, 0.717) is 18.8 Å². The minimum Gasteiger partial charge on any atom is -0.379 e. The summed E-state index contributed by atoms with van der Waals surface area (Å²) in [6, 6.07) is 0. The van der Waals surface area contributed by atoms with Crippen molar-refractivity contribution in [3.8, 4) is 0 Å². The highest BCUT2D eigenvalue weighted by molar-refractivity contribution is 4.41. The first-order valence-corrected chi connectivity index (χ1v) is 6.60.